The minimum absolute atomic E-state index is 0.0553. The average molecular weight is 410 g/mol. The molecule has 1 aromatic heterocycles. The summed E-state index contributed by atoms with van der Waals surface area (Å²) in [7, 11) is 1.63. The van der Waals surface area contributed by atoms with Gasteiger partial charge >= 0.3 is 0 Å². The lowest BCUT2D eigenvalue weighted by Crippen LogP contribution is -2.43. The fourth-order valence-corrected chi connectivity index (χ4v) is 3.87. The molecule has 0 aliphatic carbocycles. The number of benzene rings is 3. The summed E-state index contributed by atoms with van der Waals surface area (Å²) in [4.78, 5) is 15.3. The number of nitrogens with one attached hydrogen (secondary N) is 1. The largest absolute Gasteiger partial charge is 0.497 e. The van der Waals surface area contributed by atoms with Gasteiger partial charge in [0, 0.05) is 23.1 Å². The highest BCUT2D eigenvalue weighted by atomic mass is 16.5. The molecule has 6 heteroatoms. The van der Waals surface area contributed by atoms with E-state index in [-0.39, 0.29) is 12.1 Å². The van der Waals surface area contributed by atoms with Gasteiger partial charge in [0.1, 0.15) is 11.9 Å². The van der Waals surface area contributed by atoms with Gasteiger partial charge in [-0.3, -0.25) is 14.4 Å². The molecule has 3 aromatic carbocycles. The maximum absolute atomic E-state index is 13.5. The van der Waals surface area contributed by atoms with Crippen molar-refractivity contribution in [1.82, 2.24) is 9.78 Å². The first-order valence-electron chi connectivity index (χ1n) is 10.1. The molecule has 2 heterocycles. The van der Waals surface area contributed by atoms with Crippen LogP contribution in [0.2, 0.25) is 0 Å². The van der Waals surface area contributed by atoms with Gasteiger partial charge < -0.3 is 10.1 Å². The number of nitrogens with zero attached hydrogens (tertiary/aromatic N) is 3. The molecule has 0 saturated carbocycles. The molecular weight excluding hydrogens is 388 g/mol. The number of hydrogen-bond acceptors (Lipinski definition) is 4. The third-order valence-corrected chi connectivity index (χ3v) is 5.43. The average Bonchev–Trinajstić information content (AvgIpc) is 3.28. The van der Waals surface area contributed by atoms with Crippen LogP contribution in [0.25, 0.3) is 0 Å². The number of carbonyl (C=O) groups excluding carboxylic acids is 1. The van der Waals surface area contributed by atoms with E-state index >= 15 is 0 Å². The van der Waals surface area contributed by atoms with Crippen LogP contribution in [0.3, 0.4) is 0 Å². The minimum Gasteiger partial charge on any atom is -0.497 e. The van der Waals surface area contributed by atoms with Crippen LogP contribution in [0.1, 0.15) is 27.7 Å². The van der Waals surface area contributed by atoms with Gasteiger partial charge in [0.15, 0.2) is 0 Å². The van der Waals surface area contributed by atoms with Crippen molar-refractivity contribution < 1.29 is 9.53 Å². The molecule has 31 heavy (non-hydrogen) atoms. The maximum atomic E-state index is 13.5. The van der Waals surface area contributed by atoms with Gasteiger partial charge in [-0.15, -0.1) is 0 Å². The van der Waals surface area contributed by atoms with Gasteiger partial charge in [0.25, 0.3) is 5.91 Å². The number of ether oxygens (including phenoxy) is 1. The third kappa shape index (κ3) is 3.64. The van der Waals surface area contributed by atoms with Crippen molar-refractivity contribution in [3.63, 3.8) is 0 Å². The zero-order chi connectivity index (χ0) is 21.2. The van der Waals surface area contributed by atoms with E-state index in [4.69, 9.17) is 4.74 Å². The lowest BCUT2D eigenvalue weighted by atomic mass is 10.0. The first-order valence-corrected chi connectivity index (χ1v) is 10.1. The van der Waals surface area contributed by atoms with Crippen molar-refractivity contribution in [3.8, 4) is 5.75 Å². The predicted octanol–water partition coefficient (Wildman–Crippen LogP) is 4.71. The van der Waals surface area contributed by atoms with Gasteiger partial charge in [-0.1, -0.05) is 42.5 Å². The molecule has 154 valence electrons. The van der Waals surface area contributed by atoms with E-state index in [0.29, 0.717) is 12.1 Å². The second kappa shape index (κ2) is 7.99. The molecule has 1 aliphatic rings. The van der Waals surface area contributed by atoms with E-state index in [0.717, 1.165) is 22.7 Å². The smallest absolute Gasteiger partial charge is 0.262 e. The number of hydrogen-bond donors (Lipinski definition) is 1. The van der Waals surface area contributed by atoms with E-state index in [1.165, 1.54) is 5.56 Å². The molecule has 0 spiro atoms. The Hall–Kier alpha value is -4.06. The molecule has 0 bridgehead atoms. The zero-order valence-electron chi connectivity index (χ0n) is 17.1. The molecule has 1 unspecified atom stereocenters. The number of carbonyl (C=O) groups is 1. The Bertz CT molecular complexity index is 1200. The van der Waals surface area contributed by atoms with Crippen LogP contribution >= 0.6 is 0 Å². The predicted molar refractivity (Wildman–Crippen MR) is 120 cm³/mol. The monoisotopic (exact) mass is 410 g/mol. The molecule has 4 aromatic rings. The summed E-state index contributed by atoms with van der Waals surface area (Å²) in [6.07, 6.45) is 3.43. The first kappa shape index (κ1) is 18.9. The first-order chi connectivity index (χ1) is 15.2. The van der Waals surface area contributed by atoms with Crippen LogP contribution in [-0.2, 0) is 6.54 Å². The summed E-state index contributed by atoms with van der Waals surface area (Å²) in [6, 6.07) is 25.3. The standard InChI is InChI=1S/C25H22N4O2/c1-31-21-13-11-20(12-14-21)29-24(27-23-10-6-5-9-22(23)25(29)30)19-15-26-28(17-19)16-18-7-3-2-4-8-18/h2-15,17,24,27H,16H2,1H3. The van der Waals surface area contributed by atoms with Crippen molar-refractivity contribution in [2.45, 2.75) is 12.7 Å². The van der Waals surface area contributed by atoms with E-state index in [1.54, 1.807) is 12.0 Å². The van der Waals surface area contributed by atoms with E-state index < -0.39 is 0 Å². The van der Waals surface area contributed by atoms with Gasteiger partial charge in [0.05, 0.1) is 25.4 Å². The quantitative estimate of drug-likeness (QED) is 0.518. The maximum Gasteiger partial charge on any atom is 0.262 e. The molecule has 1 N–H and O–H groups in total. The molecule has 6 nitrogen and oxygen atoms in total. The number of aromatic nitrogens is 2. The van der Waals surface area contributed by atoms with E-state index in [1.807, 2.05) is 83.8 Å². The summed E-state index contributed by atoms with van der Waals surface area (Å²) in [5.74, 6) is 0.689. The fraction of sp³-hybridized carbons (Fsp3) is 0.120. The summed E-state index contributed by atoms with van der Waals surface area (Å²) in [6.45, 7) is 0.667. The van der Waals surface area contributed by atoms with Crippen LogP contribution in [-0.4, -0.2) is 22.8 Å². The van der Waals surface area contributed by atoms with Gasteiger partial charge in [0.2, 0.25) is 0 Å². The lowest BCUT2D eigenvalue weighted by molar-refractivity contribution is 0.0975. The fourth-order valence-electron chi connectivity index (χ4n) is 3.87. The second-order valence-corrected chi connectivity index (χ2v) is 7.42. The number of para-hydroxylation sites is 1. The Morgan fingerprint density at radius 3 is 2.48 bits per heavy atom. The van der Waals surface area contributed by atoms with Crippen LogP contribution < -0.4 is 15.0 Å². The molecule has 5 rings (SSSR count). The number of anilines is 2. The number of methoxy groups -OCH3 is 1. The SMILES string of the molecule is COc1ccc(N2C(=O)c3ccccc3NC2c2cnn(Cc3ccccc3)c2)cc1. The van der Waals surface area contributed by atoms with Crippen molar-refractivity contribution in [1.29, 1.82) is 0 Å². The number of amides is 1. The Kier molecular flexibility index (Phi) is 4.88. The highest BCUT2D eigenvalue weighted by Crippen LogP contribution is 2.37. The van der Waals surface area contributed by atoms with Crippen LogP contribution in [0.15, 0.2) is 91.3 Å². The molecule has 0 fully saturated rings. The van der Waals surface area contributed by atoms with Crippen LogP contribution in [0.5, 0.6) is 5.75 Å². The Labute approximate surface area is 180 Å². The Morgan fingerprint density at radius 2 is 1.71 bits per heavy atom. The molecule has 1 amide bonds. The number of rotatable bonds is 5. The highest BCUT2D eigenvalue weighted by Gasteiger charge is 2.34. The molecule has 0 saturated heterocycles. The molecule has 0 radical (unpaired) electrons. The van der Waals surface area contributed by atoms with E-state index in [9.17, 15) is 4.79 Å². The summed E-state index contributed by atoms with van der Waals surface area (Å²) < 4.78 is 7.17. The highest BCUT2D eigenvalue weighted by molar-refractivity contribution is 6.12. The summed E-state index contributed by atoms with van der Waals surface area (Å²) in [5, 5.41) is 8.06. The lowest BCUT2D eigenvalue weighted by Gasteiger charge is -2.37. The van der Waals surface area contributed by atoms with Crippen LogP contribution in [0.4, 0.5) is 11.4 Å². The molecule has 1 aliphatic heterocycles. The van der Waals surface area contributed by atoms with Crippen LogP contribution in [0, 0.1) is 0 Å². The van der Waals surface area contributed by atoms with E-state index in [2.05, 4.69) is 22.5 Å². The number of fused-ring (bicyclic) bond motifs is 1. The Balaban J connectivity index is 1.52. The topological polar surface area (TPSA) is 59.4 Å². The normalized spacial score (nSPS) is 15.3. The van der Waals surface area contributed by atoms with Gasteiger partial charge in [-0.05, 0) is 42.0 Å². The van der Waals surface area contributed by atoms with Crippen molar-refractivity contribution in [2.24, 2.45) is 0 Å². The zero-order valence-corrected chi connectivity index (χ0v) is 17.1. The minimum atomic E-state index is -0.375. The van der Waals surface area contributed by atoms with Gasteiger partial charge in [-0.2, -0.15) is 5.10 Å². The van der Waals surface area contributed by atoms with Gasteiger partial charge in [-0.25, -0.2) is 0 Å². The van der Waals surface area contributed by atoms with Crippen molar-refractivity contribution in [3.05, 3.63) is 108 Å². The summed E-state index contributed by atoms with van der Waals surface area (Å²) >= 11 is 0. The Morgan fingerprint density at radius 1 is 0.968 bits per heavy atom. The second-order valence-electron chi connectivity index (χ2n) is 7.42. The summed E-state index contributed by atoms with van der Waals surface area (Å²) in [5.41, 5.74) is 4.33. The molecular formula is C25H22N4O2. The molecule has 1 atom stereocenters. The van der Waals surface area contributed by atoms with Crippen molar-refractivity contribution >= 4 is 17.3 Å². The van der Waals surface area contributed by atoms with Crippen molar-refractivity contribution in [2.75, 3.05) is 17.3 Å². The third-order valence-electron chi connectivity index (χ3n) is 5.43.